The number of alkyl halides is 4. The Kier molecular flexibility index (Phi) is 9.19. The van der Waals surface area contributed by atoms with E-state index in [4.69, 9.17) is 4.74 Å². The second-order valence-electron chi connectivity index (χ2n) is 11.4. The lowest BCUT2D eigenvalue weighted by Crippen LogP contribution is -2.51. The van der Waals surface area contributed by atoms with Crippen molar-refractivity contribution in [3.63, 3.8) is 0 Å². The molecule has 1 aromatic carbocycles. The number of nitrogens with one attached hydrogen (secondary N) is 3. The van der Waals surface area contributed by atoms with Gasteiger partial charge in [-0.25, -0.2) is 9.37 Å². The maximum Gasteiger partial charge on any atom is 0.447 e. The number of anilines is 2. The molecule has 4 aliphatic heterocycles. The number of fused-ring (bicyclic) bond motifs is 7. The van der Waals surface area contributed by atoms with Gasteiger partial charge >= 0.3 is 5.51 Å². The van der Waals surface area contributed by atoms with Crippen molar-refractivity contribution in [1.29, 1.82) is 0 Å². The molecule has 0 spiro atoms. The molecular formula is C31H33F4N7O3S. The third-order valence-electron chi connectivity index (χ3n) is 8.38. The number of hydrogen-bond donors (Lipinski definition) is 3. The van der Waals surface area contributed by atoms with Crippen LogP contribution >= 0.6 is 11.8 Å². The third kappa shape index (κ3) is 6.97. The number of nitrogens with zero attached hydrogens (tertiary/aromatic N) is 4. The van der Waals surface area contributed by atoms with Gasteiger partial charge in [-0.3, -0.25) is 14.0 Å². The molecule has 244 valence electrons. The summed E-state index contributed by atoms with van der Waals surface area (Å²) in [7, 11) is 1.48. The topological polar surface area (TPSA) is 103 Å². The van der Waals surface area contributed by atoms with Crippen molar-refractivity contribution in [2.24, 2.45) is 5.92 Å². The number of amides is 2. The molecule has 3 N–H and O–H groups in total. The van der Waals surface area contributed by atoms with Crippen LogP contribution in [0.4, 0.5) is 28.9 Å². The number of benzene rings is 1. The van der Waals surface area contributed by atoms with Crippen LogP contribution in [0.3, 0.4) is 0 Å². The first-order chi connectivity index (χ1) is 22.1. The zero-order chi connectivity index (χ0) is 32.4. The molecule has 0 radical (unpaired) electrons. The van der Waals surface area contributed by atoms with Crippen molar-refractivity contribution in [2.45, 2.75) is 35.6 Å². The van der Waals surface area contributed by atoms with E-state index < -0.39 is 17.7 Å². The highest BCUT2D eigenvalue weighted by Crippen LogP contribution is 2.40. The van der Waals surface area contributed by atoms with Crippen molar-refractivity contribution in [3.8, 4) is 17.6 Å². The van der Waals surface area contributed by atoms with Crippen molar-refractivity contribution in [1.82, 2.24) is 24.5 Å². The summed E-state index contributed by atoms with van der Waals surface area (Å²) in [6.45, 7) is 2.47. The SMILES string of the molecule is COc1ccc2cc1NCC#Cc1nc3c(cccn3c1SC(F)(F)F)NC1CCN(CC1F)C(=O)C1CCN(CCNC2=O)C1. The first-order valence-corrected chi connectivity index (χ1v) is 15.8. The molecule has 4 aliphatic rings. The highest BCUT2D eigenvalue weighted by Gasteiger charge is 2.37. The Morgan fingerprint density at radius 2 is 1.91 bits per heavy atom. The number of hydrogen-bond acceptors (Lipinski definition) is 8. The predicted octanol–water partition coefficient (Wildman–Crippen LogP) is 3.83. The lowest BCUT2D eigenvalue weighted by atomic mass is 9.99. The summed E-state index contributed by atoms with van der Waals surface area (Å²) >= 11 is -0.328. The molecule has 10 nitrogen and oxygen atoms in total. The van der Waals surface area contributed by atoms with E-state index >= 15 is 4.39 Å². The lowest BCUT2D eigenvalue weighted by Gasteiger charge is -2.36. The number of halogens is 4. The predicted molar refractivity (Wildman–Crippen MR) is 166 cm³/mol. The number of carbonyl (C=O) groups is 2. The molecule has 2 saturated heterocycles. The Morgan fingerprint density at radius 1 is 1.07 bits per heavy atom. The molecule has 46 heavy (non-hydrogen) atoms. The van der Waals surface area contributed by atoms with E-state index in [1.54, 1.807) is 35.2 Å². The first kappa shape index (κ1) is 31.8. The minimum Gasteiger partial charge on any atom is -0.495 e. The second kappa shape index (κ2) is 13.3. The molecule has 2 amide bonds. The highest BCUT2D eigenvalue weighted by molar-refractivity contribution is 8.00. The van der Waals surface area contributed by atoms with Crippen molar-refractivity contribution in [3.05, 3.63) is 47.8 Å². The number of piperidine rings is 1. The summed E-state index contributed by atoms with van der Waals surface area (Å²) in [5.41, 5.74) is -3.28. The van der Waals surface area contributed by atoms with E-state index in [9.17, 15) is 22.8 Å². The normalized spacial score (nSPS) is 24.1. The van der Waals surface area contributed by atoms with E-state index in [1.807, 2.05) is 0 Å². The van der Waals surface area contributed by atoms with Gasteiger partial charge in [0.25, 0.3) is 5.91 Å². The number of carbonyl (C=O) groups excluding carboxylic acids is 2. The second-order valence-corrected chi connectivity index (χ2v) is 12.4. The van der Waals surface area contributed by atoms with Gasteiger partial charge in [0.05, 0.1) is 43.5 Å². The number of ether oxygens (including phenoxy) is 1. The van der Waals surface area contributed by atoms with Gasteiger partial charge in [-0.1, -0.05) is 5.92 Å². The average molecular weight is 660 g/mol. The van der Waals surface area contributed by atoms with Gasteiger partial charge in [-0.2, -0.15) is 13.2 Å². The van der Waals surface area contributed by atoms with E-state index in [1.165, 1.54) is 17.7 Å². The van der Waals surface area contributed by atoms with Crippen molar-refractivity contribution in [2.75, 3.05) is 63.6 Å². The van der Waals surface area contributed by atoms with E-state index in [0.717, 1.165) is 0 Å². The van der Waals surface area contributed by atoms with Crippen LogP contribution in [0.15, 0.2) is 41.6 Å². The summed E-state index contributed by atoms with van der Waals surface area (Å²) in [6, 6.07) is 7.43. The highest BCUT2D eigenvalue weighted by atomic mass is 32.2. The maximum atomic E-state index is 15.5. The van der Waals surface area contributed by atoms with Gasteiger partial charge in [-0.15, -0.1) is 0 Å². The zero-order valence-electron chi connectivity index (χ0n) is 25.0. The molecule has 4 atom stereocenters. The van der Waals surface area contributed by atoms with Gasteiger partial charge in [0, 0.05) is 49.7 Å². The van der Waals surface area contributed by atoms with Crippen LogP contribution in [0.5, 0.6) is 5.75 Å². The van der Waals surface area contributed by atoms with Crippen LogP contribution in [0.1, 0.15) is 28.9 Å². The molecule has 2 aromatic heterocycles. The quantitative estimate of drug-likeness (QED) is 0.217. The fraction of sp³-hybridized carbons (Fsp3) is 0.452. The standard InChI is InChI=1S/C31H33F4N7O3S/c1-45-26-7-6-19-16-25(26)36-10-2-4-24-30(46-31(33,34)35)42-12-3-5-23(27(42)39-24)38-22-9-14-41(18-21(22)32)29(44)20-8-13-40(17-20)15-11-37-28(19)43/h3,5-7,12,16,20-22,36,38H,8-11,13-15,17-18H2,1H3,(H,37,43). The molecular weight excluding hydrogens is 626 g/mol. The minimum absolute atomic E-state index is 0.0213. The smallest absolute Gasteiger partial charge is 0.447 e. The molecule has 6 heterocycles. The Bertz CT molecular complexity index is 1690. The third-order valence-corrected chi connectivity index (χ3v) is 9.20. The van der Waals surface area contributed by atoms with Crippen LogP contribution in [-0.2, 0) is 4.79 Å². The molecule has 8 bridgehead atoms. The minimum atomic E-state index is -4.61. The summed E-state index contributed by atoms with van der Waals surface area (Å²) in [4.78, 5) is 34.4. The summed E-state index contributed by atoms with van der Waals surface area (Å²) in [6.07, 6.45) is 1.04. The van der Waals surface area contributed by atoms with E-state index in [0.29, 0.717) is 68.3 Å². The Hall–Kier alpha value is -4.16. The maximum absolute atomic E-state index is 15.5. The van der Waals surface area contributed by atoms with Crippen LogP contribution in [0, 0.1) is 17.8 Å². The van der Waals surface area contributed by atoms with Crippen LogP contribution in [-0.4, -0.2) is 102 Å². The first-order valence-electron chi connectivity index (χ1n) is 15.0. The summed E-state index contributed by atoms with van der Waals surface area (Å²) < 4.78 is 63.1. The van der Waals surface area contributed by atoms with Gasteiger partial charge < -0.3 is 30.5 Å². The number of methoxy groups -OCH3 is 1. The number of thioether (sulfide) groups is 1. The number of pyridine rings is 1. The number of imidazole rings is 1. The number of aromatic nitrogens is 2. The monoisotopic (exact) mass is 659 g/mol. The fourth-order valence-electron chi connectivity index (χ4n) is 6.09. The van der Waals surface area contributed by atoms with Gasteiger partial charge in [0.1, 0.15) is 22.6 Å². The molecule has 7 rings (SSSR count). The average Bonchev–Trinajstić information content (AvgIpc) is 3.64. The fourth-order valence-corrected chi connectivity index (χ4v) is 6.75. The van der Waals surface area contributed by atoms with Crippen LogP contribution < -0.4 is 20.7 Å². The van der Waals surface area contributed by atoms with Gasteiger partial charge in [0.15, 0.2) is 5.65 Å². The zero-order valence-corrected chi connectivity index (χ0v) is 25.8. The van der Waals surface area contributed by atoms with Crippen LogP contribution in [0.25, 0.3) is 5.65 Å². The molecule has 2 fully saturated rings. The molecule has 15 heteroatoms. The largest absolute Gasteiger partial charge is 0.495 e. The Labute approximate surface area is 267 Å². The molecule has 0 aliphatic carbocycles. The van der Waals surface area contributed by atoms with Crippen molar-refractivity contribution < 1.29 is 31.9 Å². The Morgan fingerprint density at radius 3 is 2.70 bits per heavy atom. The van der Waals surface area contributed by atoms with E-state index in [-0.39, 0.29) is 59.0 Å². The number of rotatable bonds is 2. The Balaban J connectivity index is 1.34. The summed E-state index contributed by atoms with van der Waals surface area (Å²) in [5.74, 6) is 5.40. The van der Waals surface area contributed by atoms with Crippen LogP contribution in [0.2, 0.25) is 0 Å². The van der Waals surface area contributed by atoms with Gasteiger partial charge in [-0.05, 0) is 55.6 Å². The molecule has 3 aromatic rings. The lowest BCUT2D eigenvalue weighted by molar-refractivity contribution is -0.137. The molecule has 0 saturated carbocycles. The van der Waals surface area contributed by atoms with Crippen molar-refractivity contribution >= 4 is 40.6 Å². The summed E-state index contributed by atoms with van der Waals surface area (Å²) in [5, 5.41) is 8.91. The molecule has 4 unspecified atom stereocenters. The van der Waals surface area contributed by atoms with E-state index in [2.05, 4.69) is 37.7 Å². The van der Waals surface area contributed by atoms with Gasteiger partial charge in [0.2, 0.25) is 5.91 Å².